The van der Waals surface area contributed by atoms with E-state index in [9.17, 15) is 0 Å². The number of nitrogens with two attached hydrogens (primary N) is 1. The van der Waals surface area contributed by atoms with Gasteiger partial charge in [0.2, 0.25) is 0 Å². The Morgan fingerprint density at radius 1 is 1.56 bits per heavy atom. The first-order valence-corrected chi connectivity index (χ1v) is 5.73. The van der Waals surface area contributed by atoms with Gasteiger partial charge in [-0.05, 0) is 28.7 Å². The van der Waals surface area contributed by atoms with E-state index >= 15 is 0 Å². The van der Waals surface area contributed by atoms with Crippen LogP contribution < -0.4 is 11.1 Å². The molecule has 0 spiro atoms. The van der Waals surface area contributed by atoms with Crippen LogP contribution in [0.5, 0.6) is 0 Å². The largest absolute Gasteiger partial charge is 0.382 e. The van der Waals surface area contributed by atoms with Gasteiger partial charge in [0, 0.05) is 23.0 Å². The molecule has 0 aliphatic rings. The first-order valence-electron chi connectivity index (χ1n) is 4.65. The molecular weight excluding hydrogens is 319 g/mol. The van der Waals surface area contributed by atoms with Crippen molar-refractivity contribution in [2.75, 3.05) is 11.1 Å². The summed E-state index contributed by atoms with van der Waals surface area (Å²) >= 11 is 2.19. The third kappa shape index (κ3) is 2.60. The summed E-state index contributed by atoms with van der Waals surface area (Å²) in [6, 6.07) is 1.94. The van der Waals surface area contributed by atoms with Gasteiger partial charge < -0.3 is 11.1 Å². The highest BCUT2D eigenvalue weighted by molar-refractivity contribution is 14.1. The van der Waals surface area contributed by atoms with Crippen LogP contribution in [-0.4, -0.2) is 20.0 Å². The van der Waals surface area contributed by atoms with Crippen molar-refractivity contribution in [1.82, 2.24) is 20.0 Å². The molecule has 16 heavy (non-hydrogen) atoms. The number of aryl methyl sites for hydroxylation is 1. The number of hydrogen-bond donors (Lipinski definition) is 2. The van der Waals surface area contributed by atoms with Gasteiger partial charge in [0.05, 0.1) is 12.2 Å². The minimum Gasteiger partial charge on any atom is -0.382 e. The van der Waals surface area contributed by atoms with Crippen LogP contribution in [0, 0.1) is 3.57 Å². The maximum absolute atomic E-state index is 5.74. The van der Waals surface area contributed by atoms with Crippen LogP contribution in [0.2, 0.25) is 0 Å². The number of halogens is 1. The molecule has 0 aromatic carbocycles. The molecule has 0 saturated heterocycles. The fourth-order valence-corrected chi connectivity index (χ4v) is 1.70. The molecule has 0 radical (unpaired) electrons. The monoisotopic (exact) mass is 330 g/mol. The van der Waals surface area contributed by atoms with Gasteiger partial charge in [0.15, 0.2) is 0 Å². The average molecular weight is 330 g/mol. The fourth-order valence-electron chi connectivity index (χ4n) is 1.25. The summed E-state index contributed by atoms with van der Waals surface area (Å²) < 4.78 is 2.70. The number of nitrogens with one attached hydrogen (secondary N) is 1. The second-order valence-electron chi connectivity index (χ2n) is 3.32. The topological polar surface area (TPSA) is 81.7 Å². The highest BCUT2D eigenvalue weighted by Gasteiger charge is 2.03. The summed E-state index contributed by atoms with van der Waals surface area (Å²) in [5.74, 6) is 0.490. The molecular formula is C9H11IN6. The zero-order chi connectivity index (χ0) is 11.5. The molecule has 0 unspecified atom stereocenters. The van der Waals surface area contributed by atoms with Gasteiger partial charge in [-0.1, -0.05) is 5.21 Å². The predicted octanol–water partition coefficient (Wildman–Crippen LogP) is 1.01. The van der Waals surface area contributed by atoms with E-state index in [1.165, 1.54) is 0 Å². The Balaban J connectivity index is 2.07. The summed E-state index contributed by atoms with van der Waals surface area (Å²) in [6.45, 7) is 0.583. The molecule has 84 valence electrons. The molecule has 0 saturated carbocycles. The lowest BCUT2D eigenvalue weighted by atomic mass is 10.3. The Kier molecular flexibility index (Phi) is 3.22. The number of pyridine rings is 1. The molecule has 0 fully saturated rings. The van der Waals surface area contributed by atoms with E-state index in [0.717, 1.165) is 15.0 Å². The van der Waals surface area contributed by atoms with Crippen LogP contribution in [0.3, 0.4) is 0 Å². The summed E-state index contributed by atoms with van der Waals surface area (Å²) in [5, 5.41) is 11.0. The van der Waals surface area contributed by atoms with Crippen LogP contribution >= 0.6 is 22.6 Å². The summed E-state index contributed by atoms with van der Waals surface area (Å²) in [5.41, 5.74) is 7.42. The Morgan fingerprint density at radius 3 is 3.06 bits per heavy atom. The smallest absolute Gasteiger partial charge is 0.146 e. The van der Waals surface area contributed by atoms with E-state index in [4.69, 9.17) is 5.73 Å². The van der Waals surface area contributed by atoms with Gasteiger partial charge in [-0.25, -0.2) is 4.98 Å². The zero-order valence-corrected chi connectivity index (χ0v) is 10.8. The van der Waals surface area contributed by atoms with Gasteiger partial charge in [-0.2, -0.15) is 0 Å². The first kappa shape index (κ1) is 11.1. The van der Waals surface area contributed by atoms with Crippen LogP contribution in [0.4, 0.5) is 11.5 Å². The summed E-state index contributed by atoms with van der Waals surface area (Å²) in [7, 11) is 1.83. The number of anilines is 2. The highest BCUT2D eigenvalue weighted by Crippen LogP contribution is 2.18. The molecule has 0 amide bonds. The molecule has 2 rings (SSSR count). The van der Waals surface area contributed by atoms with Crippen LogP contribution in [0.1, 0.15) is 5.69 Å². The van der Waals surface area contributed by atoms with Gasteiger partial charge in [-0.3, -0.25) is 4.68 Å². The lowest BCUT2D eigenvalue weighted by molar-refractivity contribution is 0.713. The van der Waals surface area contributed by atoms with Crippen molar-refractivity contribution in [3.05, 3.63) is 27.7 Å². The lowest BCUT2D eigenvalue weighted by Crippen LogP contribution is -2.04. The van der Waals surface area contributed by atoms with E-state index in [1.807, 2.05) is 19.3 Å². The quantitative estimate of drug-likeness (QED) is 0.821. The van der Waals surface area contributed by atoms with E-state index in [1.54, 1.807) is 10.9 Å². The Labute approximate surface area is 106 Å². The number of nitrogen functional groups attached to an aromatic ring is 1. The molecule has 6 nitrogen and oxygen atoms in total. The van der Waals surface area contributed by atoms with Crippen molar-refractivity contribution in [2.24, 2.45) is 7.05 Å². The maximum Gasteiger partial charge on any atom is 0.146 e. The average Bonchev–Trinajstić information content (AvgIpc) is 2.66. The van der Waals surface area contributed by atoms with Crippen molar-refractivity contribution in [3.63, 3.8) is 0 Å². The maximum atomic E-state index is 5.74. The van der Waals surface area contributed by atoms with Crippen LogP contribution in [0.15, 0.2) is 18.5 Å². The van der Waals surface area contributed by atoms with Crippen molar-refractivity contribution in [3.8, 4) is 0 Å². The van der Waals surface area contributed by atoms with Crippen molar-refractivity contribution in [1.29, 1.82) is 0 Å². The van der Waals surface area contributed by atoms with E-state index in [0.29, 0.717) is 12.4 Å². The number of hydrogen-bond acceptors (Lipinski definition) is 5. The Bertz CT molecular complexity index is 494. The Morgan fingerprint density at radius 2 is 2.38 bits per heavy atom. The minimum absolute atomic E-state index is 0.490. The number of nitrogens with zero attached hydrogens (tertiary/aromatic N) is 4. The van der Waals surface area contributed by atoms with Gasteiger partial charge >= 0.3 is 0 Å². The number of aromatic nitrogens is 4. The van der Waals surface area contributed by atoms with Crippen molar-refractivity contribution >= 4 is 34.1 Å². The van der Waals surface area contributed by atoms with Gasteiger partial charge in [-0.15, -0.1) is 5.10 Å². The lowest BCUT2D eigenvalue weighted by Gasteiger charge is -2.06. The third-order valence-electron chi connectivity index (χ3n) is 2.00. The molecule has 7 heteroatoms. The van der Waals surface area contributed by atoms with Crippen molar-refractivity contribution in [2.45, 2.75) is 6.54 Å². The normalized spacial score (nSPS) is 10.4. The van der Waals surface area contributed by atoms with Crippen LogP contribution in [0.25, 0.3) is 0 Å². The van der Waals surface area contributed by atoms with Crippen LogP contribution in [-0.2, 0) is 13.6 Å². The second-order valence-corrected chi connectivity index (χ2v) is 4.57. The molecule has 2 heterocycles. The first-order chi connectivity index (χ1) is 7.65. The van der Waals surface area contributed by atoms with Gasteiger partial charge in [0.1, 0.15) is 11.5 Å². The molecule has 2 aromatic rings. The molecule has 0 atom stereocenters. The standard InChI is InChI=1S/C9H11IN6/c1-16-5-7(14-15-16)4-12-8-2-6(10)3-13-9(8)11/h2-3,5,12H,4H2,1H3,(H2,11,13). The molecule has 2 aromatic heterocycles. The molecule has 0 aliphatic carbocycles. The van der Waals surface area contributed by atoms with E-state index < -0.39 is 0 Å². The summed E-state index contributed by atoms with van der Waals surface area (Å²) in [6.07, 6.45) is 3.58. The van der Waals surface area contributed by atoms with Gasteiger partial charge in [0.25, 0.3) is 0 Å². The SMILES string of the molecule is Cn1cc(CNc2cc(I)cnc2N)nn1. The molecule has 0 aliphatic heterocycles. The van der Waals surface area contributed by atoms with Crippen molar-refractivity contribution < 1.29 is 0 Å². The predicted molar refractivity (Wildman–Crippen MR) is 69.7 cm³/mol. The number of rotatable bonds is 3. The zero-order valence-electron chi connectivity index (χ0n) is 8.68. The van der Waals surface area contributed by atoms with E-state index in [2.05, 4.69) is 43.2 Å². The summed E-state index contributed by atoms with van der Waals surface area (Å²) in [4.78, 5) is 4.06. The molecule has 3 N–H and O–H groups in total. The second kappa shape index (κ2) is 4.64. The third-order valence-corrected chi connectivity index (χ3v) is 2.59. The molecule has 0 bridgehead atoms. The Hall–Kier alpha value is -1.38. The minimum atomic E-state index is 0.490. The van der Waals surface area contributed by atoms with E-state index in [-0.39, 0.29) is 0 Å². The fraction of sp³-hybridized carbons (Fsp3) is 0.222. The highest BCUT2D eigenvalue weighted by atomic mass is 127.